The zero-order chi connectivity index (χ0) is 16.8. The van der Waals surface area contributed by atoms with E-state index in [-0.39, 0.29) is 0 Å². The molecule has 4 heterocycles. The fraction of sp³-hybridized carbons (Fsp3) is 0.438. The van der Waals surface area contributed by atoms with Gasteiger partial charge in [-0.1, -0.05) is 0 Å². The Balaban J connectivity index is 2.01. The van der Waals surface area contributed by atoms with E-state index in [1.807, 2.05) is 26.4 Å². The molecule has 1 saturated heterocycles. The first kappa shape index (κ1) is 15.6. The van der Waals surface area contributed by atoms with Crippen LogP contribution >= 0.6 is 15.9 Å². The third-order valence-electron chi connectivity index (χ3n) is 4.61. The molecule has 0 spiro atoms. The van der Waals surface area contributed by atoms with E-state index in [1.165, 1.54) is 0 Å². The van der Waals surface area contributed by atoms with Crippen LogP contribution in [-0.4, -0.2) is 37.5 Å². The standard InChI is InChI=1S/C16H20BrN7/c1-9-13(17)15(18)24-16(21-9)12(11-7-20-23(2)8-11)14(22-24)10-4-3-5-19-6-10/h7-8,10,19H,3-6,18H2,1-2H3/t10-/m1/s1. The van der Waals surface area contributed by atoms with Crippen molar-refractivity contribution in [3.05, 3.63) is 28.3 Å². The minimum absolute atomic E-state index is 0.356. The summed E-state index contributed by atoms with van der Waals surface area (Å²) in [5.41, 5.74) is 11.1. The number of rotatable bonds is 2. The molecule has 0 bridgehead atoms. The van der Waals surface area contributed by atoms with Gasteiger partial charge >= 0.3 is 0 Å². The van der Waals surface area contributed by atoms with E-state index in [9.17, 15) is 0 Å². The average Bonchev–Trinajstić information content (AvgIpc) is 3.17. The molecule has 0 aliphatic carbocycles. The van der Waals surface area contributed by atoms with Crippen molar-refractivity contribution in [2.75, 3.05) is 18.8 Å². The highest BCUT2D eigenvalue weighted by Crippen LogP contribution is 2.36. The Hall–Kier alpha value is -1.93. The van der Waals surface area contributed by atoms with Crippen LogP contribution in [0.25, 0.3) is 16.8 Å². The lowest BCUT2D eigenvalue weighted by Gasteiger charge is -2.21. The molecular formula is C16H20BrN7. The maximum absolute atomic E-state index is 6.29. The molecule has 24 heavy (non-hydrogen) atoms. The molecule has 1 aliphatic heterocycles. The van der Waals surface area contributed by atoms with Crippen LogP contribution in [0.5, 0.6) is 0 Å². The molecule has 3 N–H and O–H groups in total. The number of halogens is 1. The minimum atomic E-state index is 0.356. The normalized spacial score (nSPS) is 18.4. The summed E-state index contributed by atoms with van der Waals surface area (Å²) in [5.74, 6) is 0.937. The van der Waals surface area contributed by atoms with Crippen LogP contribution in [0.2, 0.25) is 0 Å². The van der Waals surface area contributed by atoms with E-state index in [0.717, 1.165) is 58.6 Å². The van der Waals surface area contributed by atoms with Crippen molar-refractivity contribution >= 4 is 27.4 Å². The molecule has 8 heteroatoms. The van der Waals surface area contributed by atoms with Crippen molar-refractivity contribution in [1.82, 2.24) is 29.7 Å². The third-order valence-corrected chi connectivity index (χ3v) is 5.59. The fourth-order valence-electron chi connectivity index (χ4n) is 3.38. The summed E-state index contributed by atoms with van der Waals surface area (Å²) in [7, 11) is 1.92. The fourth-order valence-corrected chi connectivity index (χ4v) is 3.64. The molecule has 0 unspecified atom stereocenters. The molecular weight excluding hydrogens is 370 g/mol. The molecule has 0 aromatic carbocycles. The van der Waals surface area contributed by atoms with Crippen LogP contribution in [0.4, 0.5) is 5.82 Å². The Morgan fingerprint density at radius 1 is 1.42 bits per heavy atom. The second-order valence-corrected chi connectivity index (χ2v) is 7.13. The molecule has 0 amide bonds. The highest BCUT2D eigenvalue weighted by atomic mass is 79.9. The predicted molar refractivity (Wildman–Crippen MR) is 96.9 cm³/mol. The Kier molecular flexibility index (Phi) is 3.80. The number of aromatic nitrogens is 5. The number of nitrogens with zero attached hydrogens (tertiary/aromatic N) is 5. The third kappa shape index (κ3) is 2.41. The van der Waals surface area contributed by atoms with Crippen LogP contribution in [0.15, 0.2) is 16.9 Å². The number of nitrogen functional groups attached to an aromatic ring is 1. The first-order valence-corrected chi connectivity index (χ1v) is 8.89. The summed E-state index contributed by atoms with van der Waals surface area (Å²) in [6.45, 7) is 3.94. The van der Waals surface area contributed by atoms with Gasteiger partial charge in [-0.3, -0.25) is 4.68 Å². The second-order valence-electron chi connectivity index (χ2n) is 6.34. The highest BCUT2D eigenvalue weighted by molar-refractivity contribution is 9.10. The molecule has 0 saturated carbocycles. The van der Waals surface area contributed by atoms with Crippen molar-refractivity contribution in [2.24, 2.45) is 7.05 Å². The number of piperidine rings is 1. The molecule has 1 fully saturated rings. The van der Waals surface area contributed by atoms with Gasteiger partial charge in [0.05, 0.1) is 27.6 Å². The lowest BCUT2D eigenvalue weighted by molar-refractivity contribution is 0.454. The lowest BCUT2D eigenvalue weighted by Crippen LogP contribution is -2.28. The van der Waals surface area contributed by atoms with Crippen molar-refractivity contribution in [1.29, 1.82) is 0 Å². The molecule has 3 aromatic heterocycles. The summed E-state index contributed by atoms with van der Waals surface area (Å²) in [4.78, 5) is 4.75. The number of aryl methyl sites for hydroxylation is 2. The summed E-state index contributed by atoms with van der Waals surface area (Å²) in [5, 5.41) is 12.6. The maximum Gasteiger partial charge on any atom is 0.165 e. The van der Waals surface area contributed by atoms with Crippen LogP contribution < -0.4 is 11.1 Å². The molecule has 7 nitrogen and oxygen atoms in total. The summed E-state index contributed by atoms with van der Waals surface area (Å²) in [6.07, 6.45) is 6.14. The van der Waals surface area contributed by atoms with Crippen LogP contribution in [0.3, 0.4) is 0 Å². The van der Waals surface area contributed by atoms with E-state index < -0.39 is 0 Å². The van der Waals surface area contributed by atoms with Gasteiger partial charge in [-0.05, 0) is 42.2 Å². The first-order valence-electron chi connectivity index (χ1n) is 8.10. The van der Waals surface area contributed by atoms with E-state index in [4.69, 9.17) is 15.8 Å². The summed E-state index contributed by atoms with van der Waals surface area (Å²) in [6, 6.07) is 0. The molecule has 0 radical (unpaired) electrons. The molecule has 1 atom stereocenters. The molecule has 1 aliphatic rings. The van der Waals surface area contributed by atoms with E-state index >= 15 is 0 Å². The van der Waals surface area contributed by atoms with Crippen molar-refractivity contribution in [3.63, 3.8) is 0 Å². The lowest BCUT2D eigenvalue weighted by atomic mass is 9.92. The van der Waals surface area contributed by atoms with Crippen LogP contribution in [-0.2, 0) is 7.05 Å². The zero-order valence-corrected chi connectivity index (χ0v) is 15.3. The minimum Gasteiger partial charge on any atom is -0.383 e. The van der Waals surface area contributed by atoms with Crippen molar-refractivity contribution in [3.8, 4) is 11.1 Å². The number of anilines is 1. The smallest absolute Gasteiger partial charge is 0.165 e. The molecule has 4 rings (SSSR count). The molecule has 3 aromatic rings. The quantitative estimate of drug-likeness (QED) is 0.701. The second kappa shape index (κ2) is 5.86. The largest absolute Gasteiger partial charge is 0.383 e. The zero-order valence-electron chi connectivity index (χ0n) is 13.8. The monoisotopic (exact) mass is 389 g/mol. The van der Waals surface area contributed by atoms with E-state index in [2.05, 4.69) is 26.3 Å². The Morgan fingerprint density at radius 3 is 2.92 bits per heavy atom. The Labute approximate surface area is 148 Å². The first-order chi connectivity index (χ1) is 11.6. The van der Waals surface area contributed by atoms with E-state index in [0.29, 0.717) is 11.7 Å². The number of hydrogen-bond acceptors (Lipinski definition) is 5. The van der Waals surface area contributed by atoms with Gasteiger partial charge in [0.2, 0.25) is 0 Å². The topological polar surface area (TPSA) is 86.1 Å². The van der Waals surface area contributed by atoms with Crippen molar-refractivity contribution in [2.45, 2.75) is 25.7 Å². The van der Waals surface area contributed by atoms with Gasteiger partial charge in [0.25, 0.3) is 0 Å². The maximum atomic E-state index is 6.29. The van der Waals surface area contributed by atoms with Crippen LogP contribution in [0, 0.1) is 6.92 Å². The van der Waals surface area contributed by atoms with Gasteiger partial charge in [0.15, 0.2) is 5.65 Å². The van der Waals surface area contributed by atoms with Gasteiger partial charge in [-0.2, -0.15) is 14.7 Å². The van der Waals surface area contributed by atoms with Gasteiger partial charge in [-0.15, -0.1) is 0 Å². The Bertz CT molecular complexity index is 905. The molecule has 126 valence electrons. The number of fused-ring (bicyclic) bond motifs is 1. The average molecular weight is 390 g/mol. The van der Waals surface area contributed by atoms with Gasteiger partial charge < -0.3 is 11.1 Å². The number of nitrogens with two attached hydrogens (primary N) is 1. The van der Waals surface area contributed by atoms with E-state index in [1.54, 1.807) is 9.20 Å². The van der Waals surface area contributed by atoms with Gasteiger partial charge in [0, 0.05) is 31.3 Å². The predicted octanol–water partition coefficient (Wildman–Crippen LogP) is 2.25. The summed E-state index contributed by atoms with van der Waals surface area (Å²) >= 11 is 3.51. The number of nitrogens with one attached hydrogen (secondary N) is 1. The Morgan fingerprint density at radius 2 is 2.25 bits per heavy atom. The van der Waals surface area contributed by atoms with Gasteiger partial charge in [-0.25, -0.2) is 4.98 Å². The van der Waals surface area contributed by atoms with Crippen molar-refractivity contribution < 1.29 is 0 Å². The highest BCUT2D eigenvalue weighted by Gasteiger charge is 2.27. The van der Waals surface area contributed by atoms with Crippen LogP contribution in [0.1, 0.15) is 30.1 Å². The summed E-state index contributed by atoms with van der Waals surface area (Å²) < 4.78 is 4.35. The number of hydrogen-bond donors (Lipinski definition) is 2. The SMILES string of the molecule is Cc1nc2c(-c3cnn(C)c3)c([C@@H]3CCCNC3)nn2c(N)c1Br. The van der Waals surface area contributed by atoms with Gasteiger partial charge in [0.1, 0.15) is 5.82 Å².